The van der Waals surface area contributed by atoms with Gasteiger partial charge in [-0.1, -0.05) is 12.1 Å². The summed E-state index contributed by atoms with van der Waals surface area (Å²) >= 11 is 0. The highest BCUT2D eigenvalue weighted by molar-refractivity contribution is 5.82. The van der Waals surface area contributed by atoms with Gasteiger partial charge in [-0.2, -0.15) is 0 Å². The Morgan fingerprint density at radius 1 is 1.08 bits per heavy atom. The molecule has 6 nitrogen and oxygen atoms in total. The van der Waals surface area contributed by atoms with E-state index in [0.717, 1.165) is 5.56 Å². The molecule has 7 heteroatoms. The van der Waals surface area contributed by atoms with Gasteiger partial charge in [0.15, 0.2) is 0 Å². The van der Waals surface area contributed by atoms with Crippen molar-refractivity contribution in [3.63, 3.8) is 0 Å². The Bertz CT molecular complexity index is 569. The summed E-state index contributed by atoms with van der Waals surface area (Å²) in [4.78, 5) is 16.9. The molecule has 140 valence electrons. The standard InChI is InChI=1S/C18H27FN2O4/c1-13-11-21(17(22)18(23-3,24-4)25-5)14(2)10-20(13)12-15-6-8-16(19)9-7-15/h6-9,13-14H,10-12H2,1-5H3. The van der Waals surface area contributed by atoms with Crippen LogP contribution in [0.15, 0.2) is 24.3 Å². The molecular weight excluding hydrogens is 327 g/mol. The second-order valence-corrected chi connectivity index (χ2v) is 6.38. The summed E-state index contributed by atoms with van der Waals surface area (Å²) < 4.78 is 28.6. The molecule has 0 aliphatic carbocycles. The molecule has 0 radical (unpaired) electrons. The van der Waals surface area contributed by atoms with Crippen LogP contribution in [0.2, 0.25) is 0 Å². The van der Waals surface area contributed by atoms with Gasteiger partial charge in [0, 0.05) is 53.0 Å². The third-order valence-corrected chi connectivity index (χ3v) is 4.74. The van der Waals surface area contributed by atoms with Gasteiger partial charge in [0.05, 0.1) is 0 Å². The second kappa shape index (κ2) is 8.23. The first-order valence-electron chi connectivity index (χ1n) is 8.32. The van der Waals surface area contributed by atoms with Crippen LogP contribution in [0.1, 0.15) is 19.4 Å². The van der Waals surface area contributed by atoms with Crippen LogP contribution in [-0.2, 0) is 25.5 Å². The third kappa shape index (κ3) is 4.17. The van der Waals surface area contributed by atoms with Gasteiger partial charge in [-0.15, -0.1) is 0 Å². The Morgan fingerprint density at radius 3 is 2.16 bits per heavy atom. The average molecular weight is 354 g/mol. The highest BCUT2D eigenvalue weighted by Gasteiger charge is 2.46. The maximum absolute atomic E-state index is 13.1. The topological polar surface area (TPSA) is 51.2 Å². The van der Waals surface area contributed by atoms with E-state index in [1.165, 1.54) is 33.5 Å². The summed E-state index contributed by atoms with van der Waals surface area (Å²) in [6.07, 6.45) is 0. The van der Waals surface area contributed by atoms with E-state index in [1.54, 1.807) is 17.0 Å². The van der Waals surface area contributed by atoms with Gasteiger partial charge in [0.25, 0.3) is 0 Å². The van der Waals surface area contributed by atoms with Crippen molar-refractivity contribution in [2.24, 2.45) is 0 Å². The Kier molecular flexibility index (Phi) is 6.51. The number of carbonyl (C=O) groups excluding carboxylic acids is 1. The number of carbonyl (C=O) groups is 1. The van der Waals surface area contributed by atoms with E-state index >= 15 is 0 Å². The van der Waals surface area contributed by atoms with Gasteiger partial charge in [0.1, 0.15) is 5.82 Å². The summed E-state index contributed by atoms with van der Waals surface area (Å²) in [7, 11) is 4.14. The van der Waals surface area contributed by atoms with Crippen molar-refractivity contribution in [1.82, 2.24) is 9.80 Å². The normalized spacial score (nSPS) is 22.2. The number of benzene rings is 1. The van der Waals surface area contributed by atoms with Crippen LogP contribution in [-0.4, -0.2) is 68.2 Å². The van der Waals surface area contributed by atoms with E-state index in [9.17, 15) is 9.18 Å². The van der Waals surface area contributed by atoms with Crippen molar-refractivity contribution < 1.29 is 23.4 Å². The second-order valence-electron chi connectivity index (χ2n) is 6.38. The molecule has 1 aromatic rings. The molecule has 0 spiro atoms. The zero-order valence-corrected chi connectivity index (χ0v) is 15.5. The number of methoxy groups -OCH3 is 3. The molecular formula is C18H27FN2O4. The molecule has 1 saturated heterocycles. The molecule has 0 aromatic heterocycles. The Morgan fingerprint density at radius 2 is 1.64 bits per heavy atom. The SMILES string of the molecule is COC(OC)(OC)C(=O)N1CC(C)N(Cc2ccc(F)cc2)CC1C. The smallest absolute Gasteiger partial charge is 0.330 e. The number of amides is 1. The lowest BCUT2D eigenvalue weighted by atomic mass is 10.1. The van der Waals surface area contributed by atoms with Crippen LogP contribution < -0.4 is 0 Å². The summed E-state index contributed by atoms with van der Waals surface area (Å²) in [5.74, 6) is -2.30. The van der Waals surface area contributed by atoms with Crippen molar-refractivity contribution >= 4 is 5.91 Å². The lowest BCUT2D eigenvalue weighted by molar-refractivity contribution is -0.333. The maximum Gasteiger partial charge on any atom is 0.367 e. The Balaban J connectivity index is 2.08. The van der Waals surface area contributed by atoms with Gasteiger partial charge < -0.3 is 19.1 Å². The molecule has 2 rings (SSSR count). The van der Waals surface area contributed by atoms with Crippen LogP contribution in [0, 0.1) is 5.82 Å². The number of nitrogens with zero attached hydrogens (tertiary/aromatic N) is 2. The lowest BCUT2D eigenvalue weighted by Gasteiger charge is -2.46. The number of hydrogen-bond acceptors (Lipinski definition) is 5. The monoisotopic (exact) mass is 354 g/mol. The molecule has 1 aliphatic rings. The van der Waals surface area contributed by atoms with Crippen molar-refractivity contribution in [3.05, 3.63) is 35.6 Å². The van der Waals surface area contributed by atoms with Crippen LogP contribution in [0.4, 0.5) is 4.39 Å². The van der Waals surface area contributed by atoms with Crippen molar-refractivity contribution in [1.29, 1.82) is 0 Å². The van der Waals surface area contributed by atoms with E-state index < -0.39 is 5.97 Å². The summed E-state index contributed by atoms with van der Waals surface area (Å²) in [6.45, 7) is 5.96. The van der Waals surface area contributed by atoms with Crippen LogP contribution in [0.5, 0.6) is 0 Å². The molecule has 0 saturated carbocycles. The first kappa shape index (κ1) is 19.8. The third-order valence-electron chi connectivity index (χ3n) is 4.74. The first-order chi connectivity index (χ1) is 11.9. The molecule has 0 N–H and O–H groups in total. The highest BCUT2D eigenvalue weighted by atomic mass is 19.1. The van der Waals surface area contributed by atoms with Gasteiger partial charge in [-0.3, -0.25) is 9.69 Å². The number of ether oxygens (including phenoxy) is 3. The van der Waals surface area contributed by atoms with Gasteiger partial charge >= 0.3 is 11.9 Å². The summed E-state index contributed by atoms with van der Waals surface area (Å²) in [5.41, 5.74) is 1.04. The van der Waals surface area contributed by atoms with E-state index in [1.807, 2.05) is 6.92 Å². The van der Waals surface area contributed by atoms with Crippen LogP contribution in [0.3, 0.4) is 0 Å². The molecule has 1 aliphatic heterocycles. The number of piperazine rings is 1. The Labute approximate surface area is 148 Å². The zero-order chi connectivity index (χ0) is 18.6. The van der Waals surface area contributed by atoms with Crippen molar-refractivity contribution in [2.75, 3.05) is 34.4 Å². The Hall–Kier alpha value is -1.54. The summed E-state index contributed by atoms with van der Waals surface area (Å²) in [6, 6.07) is 6.60. The van der Waals surface area contributed by atoms with E-state index in [2.05, 4.69) is 11.8 Å². The molecule has 1 fully saturated rings. The van der Waals surface area contributed by atoms with Crippen LogP contribution in [0.25, 0.3) is 0 Å². The fourth-order valence-electron chi connectivity index (χ4n) is 3.21. The van der Waals surface area contributed by atoms with Crippen LogP contribution >= 0.6 is 0 Å². The molecule has 1 heterocycles. The molecule has 1 aromatic carbocycles. The largest absolute Gasteiger partial charge is 0.367 e. The van der Waals surface area contributed by atoms with Gasteiger partial charge in [-0.05, 0) is 31.5 Å². The fourth-order valence-corrected chi connectivity index (χ4v) is 3.21. The average Bonchev–Trinajstić information content (AvgIpc) is 2.61. The molecule has 1 amide bonds. The van der Waals surface area contributed by atoms with E-state index in [-0.39, 0.29) is 23.8 Å². The highest BCUT2D eigenvalue weighted by Crippen LogP contribution is 2.24. The minimum Gasteiger partial charge on any atom is -0.330 e. The zero-order valence-electron chi connectivity index (χ0n) is 15.5. The van der Waals surface area contributed by atoms with E-state index in [4.69, 9.17) is 14.2 Å². The number of hydrogen-bond donors (Lipinski definition) is 0. The maximum atomic E-state index is 13.1. The van der Waals surface area contributed by atoms with Gasteiger partial charge in [0.2, 0.25) is 0 Å². The molecule has 2 atom stereocenters. The first-order valence-corrected chi connectivity index (χ1v) is 8.32. The minimum atomic E-state index is -1.72. The number of rotatable bonds is 6. The predicted molar refractivity (Wildman–Crippen MR) is 91.2 cm³/mol. The summed E-state index contributed by atoms with van der Waals surface area (Å²) in [5, 5.41) is 0. The molecule has 2 unspecified atom stereocenters. The quantitative estimate of drug-likeness (QED) is 0.730. The number of halogens is 1. The fraction of sp³-hybridized carbons (Fsp3) is 0.611. The van der Waals surface area contributed by atoms with Crippen molar-refractivity contribution in [3.8, 4) is 0 Å². The minimum absolute atomic E-state index is 0.0380. The molecule has 25 heavy (non-hydrogen) atoms. The lowest BCUT2D eigenvalue weighted by Crippen LogP contribution is -2.63. The van der Waals surface area contributed by atoms with E-state index in [0.29, 0.717) is 19.6 Å². The molecule has 0 bridgehead atoms. The van der Waals surface area contributed by atoms with Gasteiger partial charge in [-0.25, -0.2) is 4.39 Å². The van der Waals surface area contributed by atoms with Crippen molar-refractivity contribution in [2.45, 2.75) is 38.4 Å². The predicted octanol–water partition coefficient (Wildman–Crippen LogP) is 1.84.